The van der Waals surface area contributed by atoms with Crippen LogP contribution >= 0.6 is 11.6 Å². The Labute approximate surface area is 187 Å². The molecule has 0 aliphatic carbocycles. The fourth-order valence-electron chi connectivity index (χ4n) is 3.33. The van der Waals surface area contributed by atoms with Crippen molar-refractivity contribution in [1.29, 1.82) is 0 Å². The average molecular weight is 469 g/mol. The van der Waals surface area contributed by atoms with E-state index in [2.05, 4.69) is 15.0 Å². The Balaban J connectivity index is 2.06. The van der Waals surface area contributed by atoms with Gasteiger partial charge < -0.3 is 18.9 Å². The highest BCUT2D eigenvalue weighted by molar-refractivity contribution is 6.33. The van der Waals surface area contributed by atoms with Gasteiger partial charge in [0.15, 0.2) is 29.2 Å². The van der Waals surface area contributed by atoms with Crippen LogP contribution in [0.1, 0.15) is 39.7 Å². The average Bonchev–Trinajstić information content (AvgIpc) is 3.21. The van der Waals surface area contributed by atoms with Crippen molar-refractivity contribution in [2.75, 3.05) is 6.61 Å². The van der Waals surface area contributed by atoms with Gasteiger partial charge in [0.05, 0.1) is 12.7 Å². The van der Waals surface area contributed by atoms with Crippen molar-refractivity contribution in [3.05, 3.63) is 17.3 Å². The summed E-state index contributed by atoms with van der Waals surface area (Å²) in [5.41, 5.74) is 0.453. The van der Waals surface area contributed by atoms with Crippen LogP contribution in [-0.4, -0.2) is 68.1 Å². The number of esters is 3. The van der Waals surface area contributed by atoms with E-state index in [0.29, 0.717) is 0 Å². The Hall–Kier alpha value is -3.12. The zero-order valence-electron chi connectivity index (χ0n) is 17.7. The molecule has 1 aliphatic heterocycles. The quantitative estimate of drug-likeness (QED) is 0.324. The molecule has 0 spiro atoms. The van der Waals surface area contributed by atoms with E-state index < -0.39 is 42.4 Å². The number of imidazole rings is 1. The number of Topliss-reactive ketones (excluding diaryl/α,β-unsaturated/α-hetero) is 1. The van der Waals surface area contributed by atoms with Crippen molar-refractivity contribution in [1.82, 2.24) is 19.5 Å². The number of hydrogen-bond acceptors (Lipinski definition) is 11. The summed E-state index contributed by atoms with van der Waals surface area (Å²) in [6.45, 7) is 4.74. The number of hydrogen-bond donors (Lipinski definition) is 0. The summed E-state index contributed by atoms with van der Waals surface area (Å²) in [5, 5.41) is 0.0278. The zero-order valence-corrected chi connectivity index (χ0v) is 18.5. The third-order valence-corrected chi connectivity index (χ3v) is 4.71. The van der Waals surface area contributed by atoms with Gasteiger partial charge in [-0.3, -0.25) is 23.7 Å². The first-order valence-corrected chi connectivity index (χ1v) is 9.96. The lowest BCUT2D eigenvalue weighted by Gasteiger charge is -2.23. The number of ether oxygens (including phenoxy) is 4. The second-order valence-corrected chi connectivity index (χ2v) is 7.51. The molecular weight excluding hydrogens is 448 g/mol. The van der Waals surface area contributed by atoms with Gasteiger partial charge >= 0.3 is 17.9 Å². The first-order valence-electron chi connectivity index (χ1n) is 9.58. The normalized spacial score (nSPS) is 22.5. The van der Waals surface area contributed by atoms with Crippen LogP contribution in [-0.2, 0) is 44.5 Å². The summed E-state index contributed by atoms with van der Waals surface area (Å²) in [7, 11) is 0. The molecule has 1 aliphatic rings. The molecule has 32 heavy (non-hydrogen) atoms. The minimum absolute atomic E-state index is 0.0278. The zero-order chi connectivity index (χ0) is 23.6. The lowest BCUT2D eigenvalue weighted by atomic mass is 10.1. The number of rotatable bonds is 7. The molecule has 0 N–H and O–H groups in total. The van der Waals surface area contributed by atoms with E-state index in [1.54, 1.807) is 0 Å². The van der Waals surface area contributed by atoms with E-state index in [9.17, 15) is 19.2 Å². The van der Waals surface area contributed by atoms with Crippen LogP contribution in [0.2, 0.25) is 5.15 Å². The van der Waals surface area contributed by atoms with Gasteiger partial charge in [-0.25, -0.2) is 15.0 Å². The maximum Gasteiger partial charge on any atom is 0.303 e. The number of halogens is 1. The molecule has 13 heteroatoms. The molecule has 2 aromatic rings. The van der Waals surface area contributed by atoms with Gasteiger partial charge in [-0.1, -0.05) is 11.6 Å². The van der Waals surface area contributed by atoms with Crippen LogP contribution in [0.25, 0.3) is 11.2 Å². The van der Waals surface area contributed by atoms with Gasteiger partial charge in [0.25, 0.3) is 0 Å². The van der Waals surface area contributed by atoms with Gasteiger partial charge in [-0.2, -0.15) is 0 Å². The standard InChI is InChI=1S/C19H21ClN4O8/c1-8(25)5-13-22-17(20)14-18(23-13)24(7-21-14)19-16(31-11(4)28)15(30-10(3)27)12(32-19)6-29-9(2)26/h7,12,15-16,19H,5-6H2,1-4H3/t12-,15-,16-,19-/m1/s1. The van der Waals surface area contributed by atoms with E-state index in [0.717, 1.165) is 0 Å². The maximum absolute atomic E-state index is 11.8. The molecule has 1 fully saturated rings. The monoisotopic (exact) mass is 468 g/mol. The molecule has 0 unspecified atom stereocenters. The highest BCUT2D eigenvalue weighted by Gasteiger charge is 2.51. The Morgan fingerprint density at radius 2 is 1.69 bits per heavy atom. The van der Waals surface area contributed by atoms with Gasteiger partial charge in [0.2, 0.25) is 0 Å². The van der Waals surface area contributed by atoms with Crippen LogP contribution in [0.4, 0.5) is 0 Å². The molecule has 1 saturated heterocycles. The van der Waals surface area contributed by atoms with E-state index in [-0.39, 0.29) is 41.0 Å². The molecule has 3 heterocycles. The highest BCUT2D eigenvalue weighted by atomic mass is 35.5. The van der Waals surface area contributed by atoms with Gasteiger partial charge in [-0.15, -0.1) is 0 Å². The molecular formula is C19H21ClN4O8. The summed E-state index contributed by atoms with van der Waals surface area (Å²) in [4.78, 5) is 58.9. The minimum atomic E-state index is -1.11. The summed E-state index contributed by atoms with van der Waals surface area (Å²) in [6.07, 6.45) is -2.88. The van der Waals surface area contributed by atoms with Gasteiger partial charge in [-0.05, 0) is 6.92 Å². The molecule has 0 aromatic carbocycles. The summed E-state index contributed by atoms with van der Waals surface area (Å²) in [6, 6.07) is 0. The van der Waals surface area contributed by atoms with E-state index in [1.165, 1.54) is 38.6 Å². The van der Waals surface area contributed by atoms with Crippen molar-refractivity contribution >= 4 is 46.5 Å². The highest BCUT2D eigenvalue weighted by Crippen LogP contribution is 2.36. The molecule has 0 saturated carbocycles. The second kappa shape index (κ2) is 9.57. The lowest BCUT2D eigenvalue weighted by Crippen LogP contribution is -2.40. The molecule has 4 atom stereocenters. The first-order chi connectivity index (χ1) is 15.1. The third kappa shape index (κ3) is 5.19. The SMILES string of the molecule is CC(=O)Cc1nc(Cl)c2ncn([C@@H]3O[C@H](COC(C)=O)[C@@H](OC(C)=O)[C@H]3OC(C)=O)c2n1. The summed E-state index contributed by atoms with van der Waals surface area (Å²) in [5.74, 6) is -1.86. The molecule has 3 rings (SSSR count). The minimum Gasteiger partial charge on any atom is -0.463 e. The summed E-state index contributed by atoms with van der Waals surface area (Å²) < 4.78 is 23.2. The van der Waals surface area contributed by atoms with Crippen LogP contribution in [0.15, 0.2) is 6.33 Å². The van der Waals surface area contributed by atoms with E-state index >= 15 is 0 Å². The number of nitrogens with zero attached hydrogens (tertiary/aromatic N) is 4. The Kier molecular flexibility index (Phi) is 7.04. The van der Waals surface area contributed by atoms with E-state index in [1.807, 2.05) is 0 Å². The maximum atomic E-state index is 11.8. The number of carbonyl (C=O) groups excluding carboxylic acids is 4. The van der Waals surface area contributed by atoms with Crippen molar-refractivity contribution in [2.24, 2.45) is 0 Å². The Bertz CT molecular complexity index is 1070. The Morgan fingerprint density at radius 3 is 2.28 bits per heavy atom. The lowest BCUT2D eigenvalue weighted by molar-refractivity contribution is -0.166. The first kappa shape index (κ1) is 23.5. The topological polar surface area (TPSA) is 149 Å². The molecule has 0 radical (unpaired) electrons. The van der Waals surface area contributed by atoms with Crippen LogP contribution in [0, 0.1) is 0 Å². The largest absolute Gasteiger partial charge is 0.463 e. The fraction of sp³-hybridized carbons (Fsp3) is 0.526. The van der Waals surface area contributed by atoms with Gasteiger partial charge in [0.1, 0.15) is 29.8 Å². The molecule has 2 aromatic heterocycles. The van der Waals surface area contributed by atoms with Gasteiger partial charge in [0, 0.05) is 20.8 Å². The number of aromatic nitrogens is 4. The Morgan fingerprint density at radius 1 is 1.03 bits per heavy atom. The third-order valence-electron chi connectivity index (χ3n) is 4.45. The van der Waals surface area contributed by atoms with Crippen LogP contribution < -0.4 is 0 Å². The van der Waals surface area contributed by atoms with E-state index in [4.69, 9.17) is 30.5 Å². The summed E-state index contributed by atoms with van der Waals surface area (Å²) >= 11 is 6.21. The second-order valence-electron chi connectivity index (χ2n) is 7.15. The smallest absolute Gasteiger partial charge is 0.303 e. The van der Waals surface area contributed by atoms with Crippen molar-refractivity contribution in [2.45, 2.75) is 58.7 Å². The number of ketones is 1. The van der Waals surface area contributed by atoms with Crippen LogP contribution in [0.3, 0.4) is 0 Å². The van der Waals surface area contributed by atoms with Crippen molar-refractivity contribution < 1.29 is 38.1 Å². The van der Waals surface area contributed by atoms with Crippen molar-refractivity contribution in [3.63, 3.8) is 0 Å². The number of fused-ring (bicyclic) bond motifs is 1. The molecule has 0 bridgehead atoms. The predicted molar refractivity (Wildman–Crippen MR) is 106 cm³/mol. The van der Waals surface area contributed by atoms with Crippen molar-refractivity contribution in [3.8, 4) is 0 Å². The molecule has 0 amide bonds. The molecule has 12 nitrogen and oxygen atoms in total. The predicted octanol–water partition coefficient (Wildman–Crippen LogP) is 0.935. The molecule has 172 valence electrons. The fourth-order valence-corrected chi connectivity index (χ4v) is 3.56. The number of carbonyl (C=O) groups is 4. The van der Waals surface area contributed by atoms with Crippen LogP contribution in [0.5, 0.6) is 0 Å².